The summed E-state index contributed by atoms with van der Waals surface area (Å²) in [5.41, 5.74) is 0.741. The number of rotatable bonds is 4. The van der Waals surface area contributed by atoms with Crippen LogP contribution in [-0.2, 0) is 0 Å². The Balaban J connectivity index is 1.84. The molecular weight excluding hydrogens is 330 g/mol. The van der Waals surface area contributed by atoms with Crippen LogP contribution < -0.4 is 14.8 Å². The molecule has 0 aliphatic carbocycles. The van der Waals surface area contributed by atoms with Crippen LogP contribution >= 0.6 is 11.3 Å². The minimum Gasteiger partial charge on any atom is -0.454 e. The van der Waals surface area contributed by atoms with Crippen LogP contribution in [0.25, 0.3) is 0 Å². The highest BCUT2D eigenvalue weighted by atomic mass is 32.1. The van der Waals surface area contributed by atoms with Gasteiger partial charge in [-0.15, -0.1) is 11.3 Å². The Labute approximate surface area is 142 Å². The van der Waals surface area contributed by atoms with E-state index >= 15 is 0 Å². The summed E-state index contributed by atoms with van der Waals surface area (Å²) in [6.45, 7) is 3.54. The molecule has 8 heteroatoms. The van der Waals surface area contributed by atoms with Crippen LogP contribution in [0.4, 0.5) is 5.69 Å². The van der Waals surface area contributed by atoms with Crippen molar-refractivity contribution >= 4 is 17.0 Å². The summed E-state index contributed by atoms with van der Waals surface area (Å²) < 4.78 is 10.8. The van der Waals surface area contributed by atoms with Gasteiger partial charge in [0.25, 0.3) is 5.69 Å². The highest BCUT2D eigenvalue weighted by Crippen LogP contribution is 2.44. The Morgan fingerprint density at radius 3 is 2.67 bits per heavy atom. The SMILES string of the molecule is O=[N+]([O-])c1cc2c(cc1[C@H](c1cccs1)N1CCNCC1)OCO2. The topological polar surface area (TPSA) is 76.9 Å². The van der Waals surface area contributed by atoms with Crippen LogP contribution in [0.2, 0.25) is 0 Å². The third-order valence-electron chi connectivity index (χ3n) is 4.34. The highest BCUT2D eigenvalue weighted by molar-refractivity contribution is 7.10. The van der Waals surface area contributed by atoms with Gasteiger partial charge in [0.1, 0.15) is 0 Å². The van der Waals surface area contributed by atoms with E-state index in [-0.39, 0.29) is 23.4 Å². The lowest BCUT2D eigenvalue weighted by Crippen LogP contribution is -2.45. The lowest BCUT2D eigenvalue weighted by molar-refractivity contribution is -0.385. The number of benzene rings is 1. The second kappa shape index (κ2) is 6.39. The maximum absolute atomic E-state index is 11.7. The number of hydrogen-bond donors (Lipinski definition) is 1. The van der Waals surface area contributed by atoms with Crippen molar-refractivity contribution < 1.29 is 14.4 Å². The monoisotopic (exact) mass is 347 g/mol. The number of nitrogens with one attached hydrogen (secondary N) is 1. The standard InChI is InChI=1S/C16H17N3O4S/c20-19(21)12-9-14-13(22-10-23-14)8-11(12)16(15-2-1-7-24-15)18-5-3-17-4-6-18/h1-2,7-9,16-17H,3-6,10H2/t16-/m1/s1. The molecule has 0 bridgehead atoms. The van der Waals surface area contributed by atoms with Crippen molar-refractivity contribution in [2.45, 2.75) is 6.04 Å². The van der Waals surface area contributed by atoms with E-state index in [2.05, 4.69) is 10.2 Å². The summed E-state index contributed by atoms with van der Waals surface area (Å²) in [6.07, 6.45) is 0. The maximum Gasteiger partial charge on any atom is 0.278 e. The number of hydrogen-bond acceptors (Lipinski definition) is 7. The van der Waals surface area contributed by atoms with Crippen LogP contribution in [0.1, 0.15) is 16.5 Å². The largest absolute Gasteiger partial charge is 0.454 e. The summed E-state index contributed by atoms with van der Waals surface area (Å²) in [4.78, 5) is 14.7. The molecule has 0 amide bonds. The van der Waals surface area contributed by atoms with Gasteiger partial charge >= 0.3 is 0 Å². The molecule has 24 heavy (non-hydrogen) atoms. The number of thiophene rings is 1. The molecule has 1 fully saturated rings. The quantitative estimate of drug-likeness (QED) is 0.676. The molecule has 3 heterocycles. The van der Waals surface area contributed by atoms with E-state index in [1.165, 1.54) is 6.07 Å². The van der Waals surface area contributed by atoms with Crippen LogP contribution in [-0.4, -0.2) is 42.8 Å². The van der Waals surface area contributed by atoms with Crippen LogP contribution in [0.15, 0.2) is 29.6 Å². The van der Waals surface area contributed by atoms with E-state index < -0.39 is 0 Å². The van der Waals surface area contributed by atoms with Crippen molar-refractivity contribution in [2.75, 3.05) is 33.0 Å². The van der Waals surface area contributed by atoms with Crippen molar-refractivity contribution in [3.8, 4) is 11.5 Å². The summed E-state index contributed by atoms with van der Waals surface area (Å²) in [5, 5.41) is 17.0. The van der Waals surface area contributed by atoms with Gasteiger partial charge in [-0.3, -0.25) is 15.0 Å². The van der Waals surface area contributed by atoms with Gasteiger partial charge in [-0.05, 0) is 17.5 Å². The van der Waals surface area contributed by atoms with Gasteiger partial charge in [-0.2, -0.15) is 0 Å². The second-order valence-corrected chi connectivity index (χ2v) is 6.70. The van der Waals surface area contributed by atoms with Gasteiger partial charge in [0.15, 0.2) is 11.5 Å². The van der Waals surface area contributed by atoms with Crippen molar-refractivity contribution in [1.82, 2.24) is 10.2 Å². The summed E-state index contributed by atoms with van der Waals surface area (Å²) in [5.74, 6) is 1.02. The van der Waals surface area contributed by atoms with E-state index in [4.69, 9.17) is 9.47 Å². The Hall–Kier alpha value is -2.16. The molecule has 1 N–H and O–H groups in total. The molecular formula is C16H17N3O4S. The van der Waals surface area contributed by atoms with Crippen molar-refractivity contribution in [3.63, 3.8) is 0 Å². The molecule has 1 saturated heterocycles. The van der Waals surface area contributed by atoms with Gasteiger partial charge < -0.3 is 14.8 Å². The van der Waals surface area contributed by atoms with Gasteiger partial charge in [0.05, 0.1) is 22.6 Å². The zero-order valence-electron chi connectivity index (χ0n) is 12.9. The molecule has 2 aliphatic heterocycles. The fraction of sp³-hybridized carbons (Fsp3) is 0.375. The van der Waals surface area contributed by atoms with E-state index in [1.807, 2.05) is 17.5 Å². The van der Waals surface area contributed by atoms with Crippen molar-refractivity contribution in [2.24, 2.45) is 0 Å². The number of ether oxygens (including phenoxy) is 2. The van der Waals surface area contributed by atoms with Crippen LogP contribution in [0, 0.1) is 10.1 Å². The molecule has 0 radical (unpaired) electrons. The minimum atomic E-state index is -0.333. The molecule has 0 spiro atoms. The van der Waals surface area contributed by atoms with Crippen LogP contribution in [0.3, 0.4) is 0 Å². The average molecular weight is 347 g/mol. The summed E-state index contributed by atoms with van der Waals surface area (Å²) >= 11 is 1.62. The number of nitro groups is 1. The molecule has 1 aromatic carbocycles. The fourth-order valence-electron chi connectivity index (χ4n) is 3.24. The molecule has 2 aliphatic rings. The first-order valence-electron chi connectivity index (χ1n) is 7.80. The Bertz CT molecular complexity index is 744. The molecule has 1 aromatic heterocycles. The molecule has 126 valence electrons. The molecule has 4 rings (SSSR count). The first kappa shape index (κ1) is 15.4. The number of nitrogens with zero attached hydrogens (tertiary/aromatic N) is 2. The average Bonchev–Trinajstić information content (AvgIpc) is 3.26. The van der Waals surface area contributed by atoms with Gasteiger partial charge in [-0.25, -0.2) is 0 Å². The van der Waals surface area contributed by atoms with Gasteiger partial charge in [-0.1, -0.05) is 6.07 Å². The lowest BCUT2D eigenvalue weighted by atomic mass is 10.00. The van der Waals surface area contributed by atoms with Crippen molar-refractivity contribution in [3.05, 3.63) is 50.2 Å². The normalized spacial score (nSPS) is 18.5. The molecule has 1 atom stereocenters. The fourth-order valence-corrected chi connectivity index (χ4v) is 4.12. The predicted octanol–water partition coefficient (Wildman–Crippen LogP) is 2.38. The maximum atomic E-state index is 11.7. The minimum absolute atomic E-state index is 0.0798. The zero-order valence-corrected chi connectivity index (χ0v) is 13.8. The number of nitro benzene ring substituents is 1. The lowest BCUT2D eigenvalue weighted by Gasteiger charge is -2.34. The Morgan fingerprint density at radius 2 is 2.00 bits per heavy atom. The van der Waals surface area contributed by atoms with E-state index in [0.717, 1.165) is 31.1 Å². The molecule has 7 nitrogen and oxygen atoms in total. The first-order chi connectivity index (χ1) is 11.7. The van der Waals surface area contributed by atoms with E-state index in [9.17, 15) is 10.1 Å². The van der Waals surface area contributed by atoms with E-state index in [1.54, 1.807) is 17.4 Å². The molecule has 2 aromatic rings. The van der Waals surface area contributed by atoms with Gasteiger partial charge in [0, 0.05) is 31.1 Å². The highest BCUT2D eigenvalue weighted by Gasteiger charge is 2.33. The first-order valence-corrected chi connectivity index (χ1v) is 8.68. The third-order valence-corrected chi connectivity index (χ3v) is 5.27. The Morgan fingerprint density at radius 1 is 1.25 bits per heavy atom. The predicted molar refractivity (Wildman–Crippen MR) is 89.8 cm³/mol. The van der Waals surface area contributed by atoms with E-state index in [0.29, 0.717) is 17.1 Å². The summed E-state index contributed by atoms with van der Waals surface area (Å²) in [6, 6.07) is 7.12. The third kappa shape index (κ3) is 2.72. The number of fused-ring (bicyclic) bond motifs is 1. The van der Waals surface area contributed by atoms with Crippen molar-refractivity contribution in [1.29, 1.82) is 0 Å². The molecule has 0 saturated carbocycles. The smallest absolute Gasteiger partial charge is 0.278 e. The molecule has 0 unspecified atom stereocenters. The number of piperazine rings is 1. The zero-order chi connectivity index (χ0) is 16.5. The Kier molecular flexibility index (Phi) is 4.09. The second-order valence-electron chi connectivity index (χ2n) is 5.73. The van der Waals surface area contributed by atoms with Gasteiger partial charge in [0.2, 0.25) is 6.79 Å². The summed E-state index contributed by atoms with van der Waals surface area (Å²) in [7, 11) is 0. The van der Waals surface area contributed by atoms with Crippen LogP contribution in [0.5, 0.6) is 11.5 Å².